The van der Waals surface area contributed by atoms with Gasteiger partial charge in [0.15, 0.2) is 0 Å². The summed E-state index contributed by atoms with van der Waals surface area (Å²) in [6.07, 6.45) is 0. The van der Waals surface area contributed by atoms with Crippen molar-refractivity contribution in [3.8, 4) is 0 Å². The average molecular weight is 359 g/mol. The lowest BCUT2D eigenvalue weighted by molar-refractivity contribution is 0.0468. The molecule has 0 spiro atoms. The smallest absolute Gasteiger partial charge is 0.339 e. The monoisotopic (exact) mass is 357 g/mol. The fourth-order valence-corrected chi connectivity index (χ4v) is 2.20. The minimum atomic E-state index is -0.594. The molecule has 0 radical (unpaired) electrons. The van der Waals surface area contributed by atoms with Crippen molar-refractivity contribution in [1.82, 2.24) is 0 Å². The number of hydrogen-bond donors (Lipinski definition) is 1. The normalized spacial score (nSPS) is 10.3. The number of esters is 1. The van der Waals surface area contributed by atoms with E-state index in [2.05, 4.69) is 15.9 Å². The summed E-state index contributed by atoms with van der Waals surface area (Å²) >= 11 is 8.98. The maximum absolute atomic E-state index is 13.5. The number of nitrogen functional groups attached to an aromatic ring is 1. The van der Waals surface area contributed by atoms with E-state index in [0.29, 0.717) is 15.2 Å². The second-order valence-corrected chi connectivity index (χ2v) is 5.25. The molecule has 0 atom stereocenters. The van der Waals surface area contributed by atoms with Crippen molar-refractivity contribution < 1.29 is 13.9 Å². The first-order valence-corrected chi connectivity index (χ1v) is 6.81. The molecule has 0 aromatic heterocycles. The predicted octanol–water partition coefficient (Wildman–Crippen LogP) is 4.18. The van der Waals surface area contributed by atoms with Gasteiger partial charge in [-0.05, 0) is 46.3 Å². The Morgan fingerprint density at radius 3 is 2.85 bits per heavy atom. The quantitative estimate of drug-likeness (QED) is 0.661. The third-order valence-electron chi connectivity index (χ3n) is 2.62. The number of halogens is 3. The highest BCUT2D eigenvalue weighted by molar-refractivity contribution is 9.10. The van der Waals surface area contributed by atoms with Crippen molar-refractivity contribution in [1.29, 1.82) is 0 Å². The second kappa shape index (κ2) is 6.24. The molecule has 3 nitrogen and oxygen atoms in total. The minimum absolute atomic E-state index is 0.202. The number of hydrogen-bond acceptors (Lipinski definition) is 3. The van der Waals surface area contributed by atoms with Gasteiger partial charge in [-0.1, -0.05) is 17.7 Å². The van der Waals surface area contributed by atoms with E-state index in [1.165, 1.54) is 18.2 Å². The van der Waals surface area contributed by atoms with Crippen LogP contribution in [0.15, 0.2) is 40.9 Å². The van der Waals surface area contributed by atoms with E-state index < -0.39 is 11.8 Å². The molecule has 0 aliphatic heterocycles. The topological polar surface area (TPSA) is 52.3 Å². The summed E-state index contributed by atoms with van der Waals surface area (Å²) in [5, 5.41) is 0.377. The molecule has 0 unspecified atom stereocenters. The van der Waals surface area contributed by atoms with Crippen molar-refractivity contribution in [2.24, 2.45) is 0 Å². The van der Waals surface area contributed by atoms with Crippen LogP contribution in [0.3, 0.4) is 0 Å². The standard InChI is InChI=1S/C14H10BrClFNO2/c15-13-10(2-1-3-12(13)18)14(19)20-7-8-6-9(16)4-5-11(8)17/h1-6H,7,18H2. The summed E-state index contributed by atoms with van der Waals surface area (Å²) in [6.45, 7) is -0.202. The maximum atomic E-state index is 13.5. The fraction of sp³-hybridized carbons (Fsp3) is 0.0714. The van der Waals surface area contributed by atoms with Crippen molar-refractivity contribution in [2.75, 3.05) is 5.73 Å². The Morgan fingerprint density at radius 1 is 1.35 bits per heavy atom. The van der Waals surface area contributed by atoms with Crippen LogP contribution in [0, 0.1) is 5.82 Å². The molecule has 2 rings (SSSR count). The Labute approximate surface area is 128 Å². The van der Waals surface area contributed by atoms with Crippen LogP contribution in [0.2, 0.25) is 5.02 Å². The summed E-state index contributed by atoms with van der Waals surface area (Å²) in [6, 6.07) is 8.92. The zero-order valence-corrected chi connectivity index (χ0v) is 12.5. The highest BCUT2D eigenvalue weighted by Crippen LogP contribution is 2.25. The molecule has 0 fully saturated rings. The molecule has 2 N–H and O–H groups in total. The Kier molecular flexibility index (Phi) is 4.62. The van der Waals surface area contributed by atoms with Gasteiger partial charge in [0.2, 0.25) is 0 Å². The minimum Gasteiger partial charge on any atom is -0.457 e. The van der Waals surface area contributed by atoms with Crippen LogP contribution in [0.4, 0.5) is 10.1 Å². The third-order valence-corrected chi connectivity index (χ3v) is 3.74. The van der Waals surface area contributed by atoms with E-state index in [4.69, 9.17) is 22.1 Å². The number of anilines is 1. The molecule has 2 aromatic carbocycles. The zero-order valence-electron chi connectivity index (χ0n) is 10.2. The van der Waals surface area contributed by atoms with Crippen LogP contribution < -0.4 is 5.73 Å². The Balaban J connectivity index is 2.13. The molecule has 0 aliphatic rings. The van der Waals surface area contributed by atoms with Crippen LogP contribution in [-0.4, -0.2) is 5.97 Å². The van der Waals surface area contributed by atoms with Crippen LogP contribution >= 0.6 is 27.5 Å². The molecule has 0 aliphatic carbocycles. The van der Waals surface area contributed by atoms with Crippen LogP contribution in [-0.2, 0) is 11.3 Å². The van der Waals surface area contributed by atoms with E-state index in [9.17, 15) is 9.18 Å². The third kappa shape index (κ3) is 3.29. The lowest BCUT2D eigenvalue weighted by Crippen LogP contribution is -2.08. The van der Waals surface area contributed by atoms with Crippen LogP contribution in [0.5, 0.6) is 0 Å². The van der Waals surface area contributed by atoms with Gasteiger partial charge in [-0.25, -0.2) is 9.18 Å². The van der Waals surface area contributed by atoms with E-state index in [1.54, 1.807) is 18.2 Å². The van der Waals surface area contributed by atoms with Crippen molar-refractivity contribution in [3.63, 3.8) is 0 Å². The lowest BCUT2D eigenvalue weighted by Gasteiger charge is -2.08. The van der Waals surface area contributed by atoms with E-state index in [-0.39, 0.29) is 17.7 Å². The van der Waals surface area contributed by atoms with Gasteiger partial charge in [-0.2, -0.15) is 0 Å². The van der Waals surface area contributed by atoms with Crippen LogP contribution in [0.25, 0.3) is 0 Å². The first kappa shape index (κ1) is 14.8. The summed E-state index contributed by atoms with van der Waals surface area (Å²) < 4.78 is 19.0. The summed E-state index contributed by atoms with van der Waals surface area (Å²) in [5.41, 5.74) is 6.60. The van der Waals surface area contributed by atoms with Crippen molar-refractivity contribution >= 4 is 39.2 Å². The number of ether oxygens (including phenoxy) is 1. The number of carbonyl (C=O) groups is 1. The molecule has 0 saturated carbocycles. The number of benzene rings is 2. The largest absolute Gasteiger partial charge is 0.457 e. The molecule has 104 valence electrons. The Morgan fingerprint density at radius 2 is 2.10 bits per heavy atom. The van der Waals surface area contributed by atoms with Gasteiger partial charge in [-0.15, -0.1) is 0 Å². The zero-order chi connectivity index (χ0) is 14.7. The van der Waals surface area contributed by atoms with E-state index >= 15 is 0 Å². The SMILES string of the molecule is Nc1cccc(C(=O)OCc2cc(Cl)ccc2F)c1Br. The lowest BCUT2D eigenvalue weighted by atomic mass is 10.2. The molecule has 20 heavy (non-hydrogen) atoms. The summed E-state index contributed by atoms with van der Waals surface area (Å²) in [4.78, 5) is 11.9. The van der Waals surface area contributed by atoms with Crippen molar-refractivity contribution in [2.45, 2.75) is 6.61 Å². The van der Waals surface area contributed by atoms with Gasteiger partial charge >= 0.3 is 5.97 Å². The molecule has 0 amide bonds. The first-order chi connectivity index (χ1) is 9.49. The van der Waals surface area contributed by atoms with Gasteiger partial charge in [0.1, 0.15) is 12.4 Å². The van der Waals surface area contributed by atoms with Gasteiger partial charge in [-0.3, -0.25) is 0 Å². The van der Waals surface area contributed by atoms with E-state index in [1.807, 2.05) is 0 Å². The van der Waals surface area contributed by atoms with E-state index in [0.717, 1.165) is 0 Å². The van der Waals surface area contributed by atoms with Gasteiger partial charge in [0.05, 0.1) is 10.0 Å². The molecular weight excluding hydrogens is 349 g/mol. The average Bonchev–Trinajstić information content (AvgIpc) is 2.42. The van der Waals surface area contributed by atoms with Gasteiger partial charge in [0, 0.05) is 16.3 Å². The van der Waals surface area contributed by atoms with Crippen molar-refractivity contribution in [3.05, 3.63) is 62.8 Å². The predicted molar refractivity (Wildman–Crippen MR) is 79.1 cm³/mol. The van der Waals surface area contributed by atoms with Crippen LogP contribution in [0.1, 0.15) is 15.9 Å². The van der Waals surface area contributed by atoms with Gasteiger partial charge < -0.3 is 10.5 Å². The highest BCUT2D eigenvalue weighted by Gasteiger charge is 2.14. The maximum Gasteiger partial charge on any atom is 0.339 e. The second-order valence-electron chi connectivity index (χ2n) is 4.02. The molecule has 6 heteroatoms. The molecular formula is C14H10BrClFNO2. The molecule has 0 heterocycles. The Hall–Kier alpha value is -1.59. The number of nitrogens with two attached hydrogens (primary N) is 1. The molecule has 0 saturated heterocycles. The highest BCUT2D eigenvalue weighted by atomic mass is 79.9. The molecule has 0 bridgehead atoms. The summed E-state index contributed by atoms with van der Waals surface area (Å²) in [7, 11) is 0. The number of rotatable bonds is 3. The summed E-state index contributed by atoms with van der Waals surface area (Å²) in [5.74, 6) is -1.07. The molecule has 2 aromatic rings. The number of carbonyl (C=O) groups excluding carboxylic acids is 1. The first-order valence-electron chi connectivity index (χ1n) is 5.64. The van der Waals surface area contributed by atoms with Gasteiger partial charge in [0.25, 0.3) is 0 Å². The Bertz CT molecular complexity index is 664. The fourth-order valence-electron chi connectivity index (χ4n) is 1.58.